The van der Waals surface area contributed by atoms with Crippen molar-refractivity contribution in [1.82, 2.24) is 4.90 Å². The number of aliphatic carboxylic acids is 1. The van der Waals surface area contributed by atoms with Crippen molar-refractivity contribution < 1.29 is 19.1 Å². The van der Waals surface area contributed by atoms with Crippen LogP contribution in [0, 0.1) is 12.7 Å². The van der Waals surface area contributed by atoms with Crippen LogP contribution in [-0.4, -0.2) is 34.5 Å². The van der Waals surface area contributed by atoms with Gasteiger partial charge < -0.3 is 10.0 Å². The van der Waals surface area contributed by atoms with Crippen LogP contribution in [0.5, 0.6) is 0 Å². The van der Waals surface area contributed by atoms with Crippen molar-refractivity contribution in [2.45, 2.75) is 38.6 Å². The van der Waals surface area contributed by atoms with Gasteiger partial charge in [-0.1, -0.05) is 18.9 Å². The Hall–Kier alpha value is -1.91. The Bertz CT molecular complexity index is 524. The van der Waals surface area contributed by atoms with Gasteiger partial charge in [0.1, 0.15) is 12.4 Å². The van der Waals surface area contributed by atoms with Gasteiger partial charge in [0.2, 0.25) is 0 Å². The van der Waals surface area contributed by atoms with Crippen LogP contribution < -0.4 is 0 Å². The van der Waals surface area contributed by atoms with E-state index in [9.17, 15) is 14.0 Å². The van der Waals surface area contributed by atoms with Crippen molar-refractivity contribution in [2.75, 3.05) is 6.54 Å². The zero-order valence-electron chi connectivity index (χ0n) is 11.4. The molecule has 0 bridgehead atoms. The van der Waals surface area contributed by atoms with E-state index in [0.29, 0.717) is 0 Å². The predicted octanol–water partition coefficient (Wildman–Crippen LogP) is 2.60. The Morgan fingerprint density at radius 1 is 1.35 bits per heavy atom. The first-order chi connectivity index (χ1) is 9.49. The largest absolute Gasteiger partial charge is 0.480 e. The van der Waals surface area contributed by atoms with Gasteiger partial charge in [-0.05, 0) is 37.5 Å². The molecule has 1 fully saturated rings. The Morgan fingerprint density at radius 2 is 2.00 bits per heavy atom. The molecule has 2 rings (SSSR count). The number of carbonyl (C=O) groups is 2. The van der Waals surface area contributed by atoms with Crippen LogP contribution in [0.2, 0.25) is 0 Å². The molecule has 0 spiro atoms. The fourth-order valence-electron chi connectivity index (χ4n) is 2.68. The monoisotopic (exact) mass is 279 g/mol. The number of hydrogen-bond acceptors (Lipinski definition) is 2. The Kier molecular flexibility index (Phi) is 4.37. The van der Waals surface area contributed by atoms with Gasteiger partial charge in [0.05, 0.1) is 5.56 Å². The topological polar surface area (TPSA) is 57.6 Å². The van der Waals surface area contributed by atoms with E-state index in [4.69, 9.17) is 5.11 Å². The summed E-state index contributed by atoms with van der Waals surface area (Å²) < 4.78 is 13.9. The summed E-state index contributed by atoms with van der Waals surface area (Å²) in [6.07, 6.45) is 3.52. The highest BCUT2D eigenvalue weighted by atomic mass is 19.1. The second-order valence-corrected chi connectivity index (χ2v) is 5.25. The molecule has 1 amide bonds. The number of halogens is 1. The summed E-state index contributed by atoms with van der Waals surface area (Å²) in [7, 11) is 0. The van der Waals surface area contributed by atoms with Crippen LogP contribution in [0.25, 0.3) is 0 Å². The molecule has 1 aromatic rings. The molecule has 1 N–H and O–H groups in total. The molecule has 0 atom stereocenters. The maximum Gasteiger partial charge on any atom is 0.323 e. The lowest BCUT2D eigenvalue weighted by atomic mass is 10.1. The van der Waals surface area contributed by atoms with Gasteiger partial charge in [0.25, 0.3) is 5.91 Å². The molecule has 1 saturated carbocycles. The predicted molar refractivity (Wildman–Crippen MR) is 72.1 cm³/mol. The van der Waals surface area contributed by atoms with Gasteiger partial charge in [-0.2, -0.15) is 0 Å². The number of amides is 1. The molecule has 108 valence electrons. The molecule has 4 nitrogen and oxygen atoms in total. The summed E-state index contributed by atoms with van der Waals surface area (Å²) in [4.78, 5) is 24.7. The minimum absolute atomic E-state index is 0.0521. The maximum atomic E-state index is 13.9. The van der Waals surface area contributed by atoms with E-state index in [1.807, 2.05) is 0 Å². The Balaban J connectivity index is 2.27. The second-order valence-electron chi connectivity index (χ2n) is 5.25. The minimum Gasteiger partial charge on any atom is -0.480 e. The third kappa shape index (κ3) is 3.15. The van der Waals surface area contributed by atoms with Crippen LogP contribution in [0.4, 0.5) is 4.39 Å². The molecule has 0 radical (unpaired) electrons. The van der Waals surface area contributed by atoms with Gasteiger partial charge in [-0.3, -0.25) is 9.59 Å². The third-order valence-corrected chi connectivity index (χ3v) is 3.69. The molecule has 5 heteroatoms. The molecule has 0 unspecified atom stereocenters. The standard InChI is InChI=1S/C15H18FNO3/c1-10-6-7-12(13(16)8-10)15(20)17(9-14(18)19)11-4-2-3-5-11/h6-8,11H,2-5,9H2,1H3,(H,18,19). The highest BCUT2D eigenvalue weighted by Gasteiger charge is 2.30. The molecule has 0 saturated heterocycles. The van der Waals surface area contributed by atoms with Crippen LogP contribution in [0.15, 0.2) is 18.2 Å². The van der Waals surface area contributed by atoms with E-state index in [0.717, 1.165) is 31.2 Å². The number of carboxylic acid groups (broad SMARTS) is 1. The average Bonchev–Trinajstić information content (AvgIpc) is 2.88. The van der Waals surface area contributed by atoms with E-state index >= 15 is 0 Å². The molecule has 1 aliphatic carbocycles. The van der Waals surface area contributed by atoms with Crippen LogP contribution >= 0.6 is 0 Å². The SMILES string of the molecule is Cc1ccc(C(=O)N(CC(=O)O)C2CCCC2)c(F)c1. The molecule has 0 heterocycles. The van der Waals surface area contributed by atoms with E-state index in [1.165, 1.54) is 17.0 Å². The van der Waals surface area contributed by atoms with Crippen molar-refractivity contribution in [3.63, 3.8) is 0 Å². The number of aryl methyl sites for hydroxylation is 1. The smallest absolute Gasteiger partial charge is 0.323 e. The summed E-state index contributed by atoms with van der Waals surface area (Å²) in [5, 5.41) is 8.97. The van der Waals surface area contributed by atoms with Crippen molar-refractivity contribution >= 4 is 11.9 Å². The Morgan fingerprint density at radius 3 is 2.55 bits per heavy atom. The van der Waals surface area contributed by atoms with E-state index in [2.05, 4.69) is 0 Å². The Labute approximate surface area is 117 Å². The number of hydrogen-bond donors (Lipinski definition) is 1. The zero-order chi connectivity index (χ0) is 14.7. The summed E-state index contributed by atoms with van der Waals surface area (Å²) in [6, 6.07) is 4.28. The molecular formula is C15H18FNO3. The van der Waals surface area contributed by atoms with Crippen molar-refractivity contribution in [3.05, 3.63) is 35.1 Å². The summed E-state index contributed by atoms with van der Waals surface area (Å²) in [6.45, 7) is 1.36. The number of nitrogens with zero attached hydrogens (tertiary/aromatic N) is 1. The van der Waals surface area contributed by atoms with Crippen molar-refractivity contribution in [2.24, 2.45) is 0 Å². The second kappa shape index (κ2) is 6.03. The lowest BCUT2D eigenvalue weighted by Gasteiger charge is -2.27. The molecular weight excluding hydrogens is 261 g/mol. The molecule has 0 aromatic heterocycles. The molecule has 20 heavy (non-hydrogen) atoms. The van der Waals surface area contributed by atoms with Crippen molar-refractivity contribution in [1.29, 1.82) is 0 Å². The van der Waals surface area contributed by atoms with Gasteiger partial charge in [-0.15, -0.1) is 0 Å². The normalized spacial score (nSPS) is 15.3. The number of benzene rings is 1. The minimum atomic E-state index is -1.07. The fourth-order valence-corrected chi connectivity index (χ4v) is 2.68. The van der Waals surface area contributed by atoms with Gasteiger partial charge in [0.15, 0.2) is 0 Å². The maximum absolute atomic E-state index is 13.9. The highest BCUT2D eigenvalue weighted by molar-refractivity contribution is 5.96. The number of carbonyl (C=O) groups excluding carboxylic acids is 1. The van der Waals surface area contributed by atoms with Gasteiger partial charge in [-0.25, -0.2) is 4.39 Å². The number of carboxylic acids is 1. The fraction of sp³-hybridized carbons (Fsp3) is 0.467. The van der Waals surface area contributed by atoms with E-state index in [-0.39, 0.29) is 18.2 Å². The zero-order valence-corrected chi connectivity index (χ0v) is 11.4. The molecule has 1 aromatic carbocycles. The van der Waals surface area contributed by atoms with Crippen molar-refractivity contribution in [3.8, 4) is 0 Å². The molecule has 1 aliphatic rings. The number of rotatable bonds is 4. The summed E-state index contributed by atoms with van der Waals surface area (Å²) >= 11 is 0. The first-order valence-electron chi connectivity index (χ1n) is 6.78. The summed E-state index contributed by atoms with van der Waals surface area (Å²) in [5.41, 5.74) is 0.674. The van der Waals surface area contributed by atoms with Gasteiger partial charge >= 0.3 is 5.97 Å². The first-order valence-corrected chi connectivity index (χ1v) is 6.78. The highest BCUT2D eigenvalue weighted by Crippen LogP contribution is 2.25. The first kappa shape index (κ1) is 14.5. The molecule has 0 aliphatic heterocycles. The van der Waals surface area contributed by atoms with Gasteiger partial charge in [0, 0.05) is 6.04 Å². The van der Waals surface area contributed by atoms with E-state index < -0.39 is 17.7 Å². The third-order valence-electron chi connectivity index (χ3n) is 3.69. The average molecular weight is 279 g/mol. The lowest BCUT2D eigenvalue weighted by molar-refractivity contribution is -0.138. The quantitative estimate of drug-likeness (QED) is 0.921. The van der Waals surface area contributed by atoms with Crippen LogP contribution in [-0.2, 0) is 4.79 Å². The van der Waals surface area contributed by atoms with Crippen LogP contribution in [0.1, 0.15) is 41.6 Å². The van der Waals surface area contributed by atoms with Crippen LogP contribution in [0.3, 0.4) is 0 Å². The summed E-state index contributed by atoms with van der Waals surface area (Å²) in [5.74, 6) is -2.20. The van der Waals surface area contributed by atoms with E-state index in [1.54, 1.807) is 13.0 Å². The lowest BCUT2D eigenvalue weighted by Crippen LogP contribution is -2.42.